The quantitative estimate of drug-likeness (QED) is 0.394. The van der Waals surface area contributed by atoms with E-state index in [4.69, 9.17) is 0 Å². The molecule has 0 saturated carbocycles. The van der Waals surface area contributed by atoms with Crippen LogP contribution in [0.5, 0.6) is 0 Å². The summed E-state index contributed by atoms with van der Waals surface area (Å²) in [4.78, 5) is 14.4. The molecule has 0 saturated heterocycles. The van der Waals surface area contributed by atoms with Crippen molar-refractivity contribution < 1.29 is 9.18 Å². The molecule has 2 nitrogen and oxygen atoms in total. The van der Waals surface area contributed by atoms with Gasteiger partial charge in [0.05, 0.1) is 11.4 Å². The summed E-state index contributed by atoms with van der Waals surface area (Å²) >= 11 is 1.51. The number of nitrogens with zero attached hydrogens (tertiary/aromatic N) is 1. The number of carbonyl (C=O) groups excluding carboxylic acids is 1. The van der Waals surface area contributed by atoms with Crippen LogP contribution in [-0.4, -0.2) is 10.4 Å². The van der Waals surface area contributed by atoms with E-state index in [1.165, 1.54) is 17.8 Å². The molecule has 0 N–H and O–H groups in total. The first-order chi connectivity index (χ1) is 13.7. The van der Waals surface area contributed by atoms with Gasteiger partial charge in [0.25, 0.3) is 0 Å². The normalized spacial score (nSPS) is 14.8. The second-order valence-electron chi connectivity index (χ2n) is 6.76. The Bertz CT molecular complexity index is 1250. The van der Waals surface area contributed by atoms with Crippen molar-refractivity contribution in [3.05, 3.63) is 106 Å². The van der Waals surface area contributed by atoms with Crippen LogP contribution in [0.1, 0.15) is 21.5 Å². The van der Waals surface area contributed by atoms with E-state index in [1.807, 2.05) is 71.4 Å². The molecule has 136 valence electrons. The van der Waals surface area contributed by atoms with Crippen molar-refractivity contribution >= 4 is 34.5 Å². The number of benzene rings is 3. The molecule has 0 unspecified atom stereocenters. The molecular formula is C24H16FNOS. The maximum Gasteiger partial charge on any atom is 0.200 e. The molecule has 1 aromatic heterocycles. The van der Waals surface area contributed by atoms with Gasteiger partial charge in [0.1, 0.15) is 5.82 Å². The minimum absolute atomic E-state index is 0.0616. The minimum atomic E-state index is -0.211. The number of thioether (sulfide) groups is 1. The van der Waals surface area contributed by atoms with Gasteiger partial charge < -0.3 is 4.57 Å². The Kier molecular flexibility index (Phi) is 4.14. The fourth-order valence-corrected chi connectivity index (χ4v) is 4.65. The number of aromatic nitrogens is 1. The molecule has 0 spiro atoms. The summed E-state index contributed by atoms with van der Waals surface area (Å²) < 4.78 is 16.2. The van der Waals surface area contributed by atoms with E-state index < -0.39 is 0 Å². The third-order valence-corrected chi connectivity index (χ3v) is 6.08. The Balaban J connectivity index is 1.58. The lowest BCUT2D eigenvalue weighted by Gasteiger charge is -2.06. The molecule has 28 heavy (non-hydrogen) atoms. The highest BCUT2D eigenvalue weighted by atomic mass is 32.2. The van der Waals surface area contributed by atoms with Gasteiger partial charge in [-0.1, -0.05) is 60.3 Å². The maximum absolute atomic E-state index is 14.1. The van der Waals surface area contributed by atoms with Gasteiger partial charge in [0, 0.05) is 38.7 Å². The van der Waals surface area contributed by atoms with Crippen LogP contribution in [0.25, 0.3) is 17.0 Å². The molecule has 4 heteroatoms. The van der Waals surface area contributed by atoms with Crippen molar-refractivity contribution in [2.45, 2.75) is 11.4 Å². The molecule has 5 rings (SSSR count). The lowest BCUT2D eigenvalue weighted by molar-refractivity contribution is 0.104. The van der Waals surface area contributed by atoms with Gasteiger partial charge in [-0.25, -0.2) is 4.39 Å². The Morgan fingerprint density at radius 3 is 2.54 bits per heavy atom. The van der Waals surface area contributed by atoms with E-state index >= 15 is 0 Å². The van der Waals surface area contributed by atoms with Gasteiger partial charge in [-0.2, -0.15) is 0 Å². The van der Waals surface area contributed by atoms with Crippen LogP contribution in [0.15, 0.2) is 88.8 Å². The predicted octanol–water partition coefficient (Wildman–Crippen LogP) is 6.16. The van der Waals surface area contributed by atoms with E-state index in [2.05, 4.69) is 0 Å². The van der Waals surface area contributed by atoms with Gasteiger partial charge in [-0.3, -0.25) is 4.79 Å². The molecule has 3 aromatic carbocycles. The summed E-state index contributed by atoms with van der Waals surface area (Å²) in [6.07, 6.45) is 3.95. The van der Waals surface area contributed by atoms with Crippen LogP contribution in [0.4, 0.5) is 4.39 Å². The molecular weight excluding hydrogens is 369 g/mol. The van der Waals surface area contributed by atoms with E-state index in [0.29, 0.717) is 12.1 Å². The Morgan fingerprint density at radius 1 is 0.929 bits per heavy atom. The summed E-state index contributed by atoms with van der Waals surface area (Å²) in [5.41, 5.74) is 3.39. The molecule has 0 amide bonds. The van der Waals surface area contributed by atoms with Crippen LogP contribution in [0.3, 0.4) is 0 Å². The van der Waals surface area contributed by atoms with Crippen molar-refractivity contribution in [2.24, 2.45) is 0 Å². The molecule has 1 aliphatic heterocycles. The molecule has 2 heterocycles. The number of para-hydroxylation sites is 1. The van der Waals surface area contributed by atoms with Crippen LogP contribution in [0, 0.1) is 5.82 Å². The predicted molar refractivity (Wildman–Crippen MR) is 112 cm³/mol. The van der Waals surface area contributed by atoms with E-state index in [-0.39, 0.29) is 11.6 Å². The first-order valence-corrected chi connectivity index (χ1v) is 9.87. The fourth-order valence-electron chi connectivity index (χ4n) is 3.61. The van der Waals surface area contributed by atoms with Crippen LogP contribution < -0.4 is 0 Å². The highest BCUT2D eigenvalue weighted by Gasteiger charge is 2.25. The average Bonchev–Trinajstić information content (AvgIpc) is 3.22. The van der Waals surface area contributed by atoms with Crippen molar-refractivity contribution in [2.75, 3.05) is 0 Å². The molecule has 0 bridgehead atoms. The Morgan fingerprint density at radius 2 is 1.68 bits per heavy atom. The monoisotopic (exact) mass is 385 g/mol. The number of allylic oxidation sites excluding steroid dienone is 1. The second-order valence-corrected chi connectivity index (χ2v) is 7.84. The lowest BCUT2D eigenvalue weighted by Crippen LogP contribution is -2.00. The molecule has 0 aliphatic carbocycles. The lowest BCUT2D eigenvalue weighted by atomic mass is 10.1. The summed E-state index contributed by atoms with van der Waals surface area (Å²) in [7, 11) is 0. The minimum Gasteiger partial charge on any atom is -0.342 e. The summed E-state index contributed by atoms with van der Waals surface area (Å²) in [6, 6.07) is 22.5. The van der Waals surface area contributed by atoms with Crippen molar-refractivity contribution in [3.8, 4) is 0 Å². The number of hydrogen-bond acceptors (Lipinski definition) is 2. The smallest absolute Gasteiger partial charge is 0.200 e. The zero-order valence-corrected chi connectivity index (χ0v) is 15.7. The molecule has 4 aromatic rings. The standard InChI is InChI=1S/C24H16FNOS/c25-20-10-4-1-7-16(20)14-26-15-17(18-8-2-5-11-21(18)26)13-23-24(27)19-9-3-6-12-22(19)28-23/h1-13,15H,14H2. The first-order valence-electron chi connectivity index (χ1n) is 9.05. The molecule has 0 atom stereocenters. The molecule has 1 aliphatic rings. The SMILES string of the molecule is O=C1C(=Cc2cn(Cc3ccccc3F)c3ccccc23)Sc2ccccc21. The number of hydrogen-bond donors (Lipinski definition) is 0. The number of ketones is 1. The molecule has 0 radical (unpaired) electrons. The van der Waals surface area contributed by atoms with E-state index in [9.17, 15) is 9.18 Å². The van der Waals surface area contributed by atoms with Crippen molar-refractivity contribution in [1.82, 2.24) is 4.57 Å². The fraction of sp³-hybridized carbons (Fsp3) is 0.0417. The average molecular weight is 385 g/mol. The second kappa shape index (κ2) is 6.80. The zero-order chi connectivity index (χ0) is 19.1. The van der Waals surface area contributed by atoms with E-state index in [0.717, 1.165) is 31.8 Å². The zero-order valence-electron chi connectivity index (χ0n) is 14.9. The Hall–Kier alpha value is -3.11. The number of rotatable bonds is 3. The number of fused-ring (bicyclic) bond motifs is 2. The summed E-state index contributed by atoms with van der Waals surface area (Å²) in [5.74, 6) is -0.149. The Labute approximate surface area is 166 Å². The molecule has 0 fully saturated rings. The third-order valence-electron chi connectivity index (χ3n) is 4.98. The topological polar surface area (TPSA) is 22.0 Å². The van der Waals surface area contributed by atoms with Gasteiger partial charge in [0.15, 0.2) is 0 Å². The maximum atomic E-state index is 14.1. The summed E-state index contributed by atoms with van der Waals surface area (Å²) in [5, 5.41) is 1.05. The van der Waals surface area contributed by atoms with Crippen LogP contribution in [0.2, 0.25) is 0 Å². The van der Waals surface area contributed by atoms with Gasteiger partial charge in [-0.15, -0.1) is 0 Å². The van der Waals surface area contributed by atoms with E-state index in [1.54, 1.807) is 12.1 Å². The van der Waals surface area contributed by atoms with Crippen LogP contribution in [-0.2, 0) is 6.54 Å². The third kappa shape index (κ3) is 2.86. The van der Waals surface area contributed by atoms with Crippen LogP contribution >= 0.6 is 11.8 Å². The largest absolute Gasteiger partial charge is 0.342 e. The number of carbonyl (C=O) groups is 1. The summed E-state index contributed by atoms with van der Waals surface area (Å²) in [6.45, 7) is 0.442. The first kappa shape index (κ1) is 17.0. The number of Topliss-reactive ketones (excluding diaryl/α,β-unsaturated/α-hetero) is 1. The number of halogens is 1. The van der Waals surface area contributed by atoms with Gasteiger partial charge >= 0.3 is 0 Å². The highest BCUT2D eigenvalue weighted by Crippen LogP contribution is 2.41. The van der Waals surface area contributed by atoms with Crippen molar-refractivity contribution in [1.29, 1.82) is 0 Å². The van der Waals surface area contributed by atoms with Crippen molar-refractivity contribution in [3.63, 3.8) is 0 Å². The highest BCUT2D eigenvalue weighted by molar-refractivity contribution is 8.04. The van der Waals surface area contributed by atoms with Gasteiger partial charge in [-0.05, 0) is 30.3 Å². The van der Waals surface area contributed by atoms with Gasteiger partial charge in [0.2, 0.25) is 5.78 Å².